The van der Waals surface area contributed by atoms with Crippen molar-refractivity contribution in [2.24, 2.45) is 0 Å². The third-order valence-corrected chi connectivity index (χ3v) is 2.06. The molecule has 80 valence electrons. The van der Waals surface area contributed by atoms with Gasteiger partial charge in [-0.15, -0.1) is 0 Å². The van der Waals surface area contributed by atoms with Crippen molar-refractivity contribution < 1.29 is 0 Å². The zero-order valence-corrected chi connectivity index (χ0v) is 9.34. The standard InChI is InChI=1S/C12H22N2/c1-5-6-8-11(2)12(3)14-10-7-9-13-4/h5-6,8,12-14H,1-2,7,9-10H2,3-4H3/b8-6-. The summed E-state index contributed by atoms with van der Waals surface area (Å²) in [5.41, 5.74) is 1.09. The fraction of sp³-hybridized carbons (Fsp3) is 0.500. The van der Waals surface area contributed by atoms with Crippen LogP contribution in [0.5, 0.6) is 0 Å². The maximum Gasteiger partial charge on any atom is 0.0285 e. The summed E-state index contributed by atoms with van der Waals surface area (Å²) in [4.78, 5) is 0. The quantitative estimate of drug-likeness (QED) is 0.455. The summed E-state index contributed by atoms with van der Waals surface area (Å²) in [5.74, 6) is 0. The van der Waals surface area contributed by atoms with Gasteiger partial charge >= 0.3 is 0 Å². The summed E-state index contributed by atoms with van der Waals surface area (Å²) < 4.78 is 0. The fourth-order valence-electron chi connectivity index (χ4n) is 1.05. The van der Waals surface area contributed by atoms with E-state index >= 15 is 0 Å². The highest BCUT2D eigenvalue weighted by Gasteiger charge is 2.01. The molecule has 0 aliphatic rings. The van der Waals surface area contributed by atoms with E-state index in [9.17, 15) is 0 Å². The molecule has 1 unspecified atom stereocenters. The molecule has 14 heavy (non-hydrogen) atoms. The maximum atomic E-state index is 3.98. The predicted molar refractivity (Wildman–Crippen MR) is 64.5 cm³/mol. The van der Waals surface area contributed by atoms with Crippen LogP contribution in [0.3, 0.4) is 0 Å². The van der Waals surface area contributed by atoms with Crippen molar-refractivity contribution in [2.45, 2.75) is 19.4 Å². The zero-order chi connectivity index (χ0) is 10.8. The molecule has 0 spiro atoms. The van der Waals surface area contributed by atoms with Gasteiger partial charge in [0.15, 0.2) is 0 Å². The molecule has 0 saturated heterocycles. The van der Waals surface area contributed by atoms with E-state index in [4.69, 9.17) is 0 Å². The van der Waals surface area contributed by atoms with E-state index < -0.39 is 0 Å². The van der Waals surface area contributed by atoms with Crippen LogP contribution in [0.4, 0.5) is 0 Å². The molecule has 0 radical (unpaired) electrons. The van der Waals surface area contributed by atoms with Crippen LogP contribution in [-0.4, -0.2) is 26.2 Å². The molecule has 0 amide bonds. The van der Waals surface area contributed by atoms with Gasteiger partial charge < -0.3 is 10.6 Å². The van der Waals surface area contributed by atoms with Crippen molar-refractivity contribution in [3.05, 3.63) is 37.0 Å². The number of hydrogen-bond donors (Lipinski definition) is 2. The highest BCUT2D eigenvalue weighted by molar-refractivity contribution is 5.22. The van der Waals surface area contributed by atoms with Crippen LogP contribution in [0.25, 0.3) is 0 Å². The molecular weight excluding hydrogens is 172 g/mol. The second kappa shape index (κ2) is 8.73. The molecule has 0 aromatic heterocycles. The van der Waals surface area contributed by atoms with Crippen molar-refractivity contribution in [3.8, 4) is 0 Å². The van der Waals surface area contributed by atoms with E-state index in [0.717, 1.165) is 25.1 Å². The van der Waals surface area contributed by atoms with Gasteiger partial charge in [-0.2, -0.15) is 0 Å². The van der Waals surface area contributed by atoms with Crippen molar-refractivity contribution in [3.63, 3.8) is 0 Å². The monoisotopic (exact) mass is 194 g/mol. The van der Waals surface area contributed by atoms with E-state index in [1.54, 1.807) is 6.08 Å². The molecule has 0 aromatic carbocycles. The highest BCUT2D eigenvalue weighted by atomic mass is 14.9. The summed E-state index contributed by atoms with van der Waals surface area (Å²) in [6, 6.07) is 0.336. The minimum Gasteiger partial charge on any atom is -0.320 e. The highest BCUT2D eigenvalue weighted by Crippen LogP contribution is 2.00. The predicted octanol–water partition coefficient (Wildman–Crippen LogP) is 1.87. The van der Waals surface area contributed by atoms with Gasteiger partial charge in [-0.1, -0.05) is 31.4 Å². The Labute approximate surface area is 87.8 Å². The third-order valence-electron chi connectivity index (χ3n) is 2.06. The summed E-state index contributed by atoms with van der Waals surface area (Å²) in [6.45, 7) is 11.8. The lowest BCUT2D eigenvalue weighted by Gasteiger charge is -2.13. The van der Waals surface area contributed by atoms with Crippen LogP contribution in [-0.2, 0) is 0 Å². The lowest BCUT2D eigenvalue weighted by atomic mass is 10.1. The van der Waals surface area contributed by atoms with E-state index in [1.165, 1.54) is 0 Å². The van der Waals surface area contributed by atoms with Crippen LogP contribution >= 0.6 is 0 Å². The van der Waals surface area contributed by atoms with Crippen molar-refractivity contribution in [1.82, 2.24) is 10.6 Å². The summed E-state index contributed by atoms with van der Waals surface area (Å²) in [5, 5.41) is 6.52. The lowest BCUT2D eigenvalue weighted by molar-refractivity contribution is 0.581. The molecule has 0 rings (SSSR count). The molecule has 0 bridgehead atoms. The first kappa shape index (κ1) is 13.1. The first-order valence-electron chi connectivity index (χ1n) is 5.08. The molecule has 2 nitrogen and oxygen atoms in total. The van der Waals surface area contributed by atoms with Crippen LogP contribution in [0, 0.1) is 0 Å². The fourth-order valence-corrected chi connectivity index (χ4v) is 1.05. The Hall–Kier alpha value is -0.860. The molecule has 0 fully saturated rings. The van der Waals surface area contributed by atoms with Gasteiger partial charge in [0.2, 0.25) is 0 Å². The Morgan fingerprint density at radius 1 is 1.43 bits per heavy atom. The van der Waals surface area contributed by atoms with Gasteiger partial charge in [-0.25, -0.2) is 0 Å². The summed E-state index contributed by atoms with van der Waals surface area (Å²) in [7, 11) is 1.97. The van der Waals surface area contributed by atoms with Gasteiger partial charge in [-0.05, 0) is 39.1 Å². The maximum absolute atomic E-state index is 3.98. The Balaban J connectivity index is 3.61. The Kier molecular flexibility index (Phi) is 8.19. The van der Waals surface area contributed by atoms with Gasteiger partial charge in [0.25, 0.3) is 0 Å². The van der Waals surface area contributed by atoms with Gasteiger partial charge in [0.1, 0.15) is 0 Å². The zero-order valence-electron chi connectivity index (χ0n) is 9.34. The van der Waals surface area contributed by atoms with E-state index in [-0.39, 0.29) is 0 Å². The van der Waals surface area contributed by atoms with E-state index in [1.807, 2.05) is 19.2 Å². The van der Waals surface area contributed by atoms with Crippen LogP contribution in [0.2, 0.25) is 0 Å². The minimum atomic E-state index is 0.336. The molecular formula is C12H22N2. The molecule has 0 saturated carbocycles. The summed E-state index contributed by atoms with van der Waals surface area (Å²) >= 11 is 0. The second-order valence-electron chi connectivity index (χ2n) is 3.30. The average Bonchev–Trinajstić information content (AvgIpc) is 2.20. The number of allylic oxidation sites excluding steroid dienone is 2. The van der Waals surface area contributed by atoms with Crippen molar-refractivity contribution >= 4 is 0 Å². The molecule has 2 N–H and O–H groups in total. The Morgan fingerprint density at radius 3 is 2.71 bits per heavy atom. The van der Waals surface area contributed by atoms with Gasteiger partial charge in [-0.3, -0.25) is 0 Å². The van der Waals surface area contributed by atoms with Crippen molar-refractivity contribution in [2.75, 3.05) is 20.1 Å². The second-order valence-corrected chi connectivity index (χ2v) is 3.30. The smallest absolute Gasteiger partial charge is 0.0285 e. The number of hydrogen-bond acceptors (Lipinski definition) is 2. The number of rotatable bonds is 8. The first-order valence-corrected chi connectivity index (χ1v) is 5.08. The summed E-state index contributed by atoms with van der Waals surface area (Å²) in [6.07, 6.45) is 6.80. The van der Waals surface area contributed by atoms with E-state index in [2.05, 4.69) is 30.7 Å². The topological polar surface area (TPSA) is 24.1 Å². The van der Waals surface area contributed by atoms with Crippen molar-refractivity contribution in [1.29, 1.82) is 0 Å². The lowest BCUT2D eigenvalue weighted by Crippen LogP contribution is -2.29. The molecule has 0 aliphatic carbocycles. The van der Waals surface area contributed by atoms with Crippen LogP contribution in [0.1, 0.15) is 13.3 Å². The SMILES string of the molecule is C=C/C=C\C(=C)C(C)NCCCNC. The third kappa shape index (κ3) is 6.63. The molecule has 0 aromatic rings. The van der Waals surface area contributed by atoms with Crippen LogP contribution in [0.15, 0.2) is 37.0 Å². The Morgan fingerprint density at radius 2 is 2.14 bits per heavy atom. The van der Waals surface area contributed by atoms with Gasteiger partial charge in [0, 0.05) is 6.04 Å². The number of nitrogens with one attached hydrogen (secondary N) is 2. The Bertz CT molecular complexity index is 194. The molecule has 0 heterocycles. The van der Waals surface area contributed by atoms with Gasteiger partial charge in [0.05, 0.1) is 0 Å². The average molecular weight is 194 g/mol. The molecule has 1 atom stereocenters. The van der Waals surface area contributed by atoms with E-state index in [0.29, 0.717) is 6.04 Å². The normalized spacial score (nSPS) is 13.0. The largest absolute Gasteiger partial charge is 0.320 e. The van der Waals surface area contributed by atoms with Crippen LogP contribution < -0.4 is 10.6 Å². The minimum absolute atomic E-state index is 0.336. The molecule has 2 heteroatoms. The molecule has 0 aliphatic heterocycles. The first-order chi connectivity index (χ1) is 6.72.